The first-order valence-corrected chi connectivity index (χ1v) is 11.5. The summed E-state index contributed by atoms with van der Waals surface area (Å²) in [6.45, 7) is 4.05. The zero-order valence-corrected chi connectivity index (χ0v) is 18.7. The summed E-state index contributed by atoms with van der Waals surface area (Å²) >= 11 is 0. The molecule has 0 bridgehead atoms. The lowest BCUT2D eigenvalue weighted by Gasteiger charge is -1.98. The number of carbonyl (C=O) groups excluding carboxylic acids is 1. The van der Waals surface area contributed by atoms with E-state index in [-0.39, 0.29) is 10.8 Å². The second kappa shape index (κ2) is 13.6. The molecule has 2 rings (SSSR count). The van der Waals surface area contributed by atoms with E-state index in [1.807, 2.05) is 30.8 Å². The maximum atomic E-state index is 11.7. The Morgan fingerprint density at radius 3 is 2.40 bits per heavy atom. The fraction of sp³-hybridized carbons (Fsp3) is 0.409. The number of benzene rings is 1. The van der Waals surface area contributed by atoms with E-state index in [2.05, 4.69) is 17.5 Å². The van der Waals surface area contributed by atoms with Crippen LogP contribution in [-0.2, 0) is 17.2 Å². The molecule has 1 heterocycles. The number of pyridine rings is 1. The van der Waals surface area contributed by atoms with Gasteiger partial charge in [-0.1, -0.05) is 50.3 Å². The molecular formula is C22H32N3O4S+. The maximum absolute atomic E-state index is 11.7. The molecule has 1 aromatic heterocycles. The topological polar surface area (TPSA) is 99.7 Å². The van der Waals surface area contributed by atoms with Crippen molar-refractivity contribution in [1.82, 2.24) is 5.43 Å². The van der Waals surface area contributed by atoms with Crippen molar-refractivity contribution in [2.45, 2.75) is 57.3 Å². The molecule has 7 nitrogen and oxygen atoms in total. The largest absolute Gasteiger partial charge is 0.294 e. The van der Waals surface area contributed by atoms with Gasteiger partial charge in [0, 0.05) is 12.3 Å². The van der Waals surface area contributed by atoms with Crippen LogP contribution < -0.4 is 9.99 Å². The van der Waals surface area contributed by atoms with E-state index in [9.17, 15) is 13.2 Å². The van der Waals surface area contributed by atoms with E-state index < -0.39 is 10.1 Å². The summed E-state index contributed by atoms with van der Waals surface area (Å²) in [5.41, 5.74) is 4.12. The Hall–Kier alpha value is -2.58. The Labute approximate surface area is 179 Å². The van der Waals surface area contributed by atoms with Gasteiger partial charge in [-0.3, -0.25) is 9.35 Å². The van der Waals surface area contributed by atoms with E-state index in [0.29, 0.717) is 5.56 Å². The van der Waals surface area contributed by atoms with Crippen molar-refractivity contribution >= 4 is 22.2 Å². The minimum absolute atomic E-state index is 0.0666. The molecule has 164 valence electrons. The Kier molecular flexibility index (Phi) is 11.5. The van der Waals surface area contributed by atoms with Crippen LogP contribution in [0.4, 0.5) is 0 Å². The molecule has 8 heteroatoms. The fourth-order valence-electron chi connectivity index (χ4n) is 2.51. The summed E-state index contributed by atoms with van der Waals surface area (Å²) in [7, 11) is -2.13. The second-order valence-corrected chi connectivity index (χ2v) is 8.42. The summed E-state index contributed by atoms with van der Waals surface area (Å²) in [5.74, 6) is -0.168. The predicted octanol–water partition coefficient (Wildman–Crippen LogP) is 3.83. The summed E-state index contributed by atoms with van der Waals surface area (Å²) in [5, 5.41) is 3.96. The SMILES string of the molecule is CCCCCCC/C=N/NC(=O)c1ccc[n+](C)c1.Cc1ccc(S(=O)(=O)O)cc1. The molecule has 2 N–H and O–H groups in total. The van der Waals surface area contributed by atoms with Gasteiger partial charge in [0.15, 0.2) is 12.4 Å². The quantitative estimate of drug-likeness (QED) is 0.206. The van der Waals surface area contributed by atoms with Crippen LogP contribution in [-0.4, -0.2) is 25.1 Å². The Bertz CT molecular complexity index is 910. The molecule has 0 radical (unpaired) electrons. The number of hydrazone groups is 1. The highest BCUT2D eigenvalue weighted by atomic mass is 32.2. The van der Waals surface area contributed by atoms with Crippen LogP contribution in [0.1, 0.15) is 61.4 Å². The standard InChI is InChI=1S/C15H23N3O.C7H8O3S/c1-3-4-5-6-7-8-11-16-17-15(19)14-10-9-12-18(2)13-14;1-6-2-4-7(5-3-6)11(8,9)10/h9-13H,3-8H2,1-2H3;2-5H,1H3,(H,8,9,10)/p+1/b16-11+;. The third-order valence-electron chi connectivity index (χ3n) is 4.21. The van der Waals surface area contributed by atoms with Gasteiger partial charge in [-0.2, -0.15) is 13.5 Å². The van der Waals surface area contributed by atoms with E-state index in [4.69, 9.17) is 4.55 Å². The van der Waals surface area contributed by atoms with Crippen LogP contribution in [0.2, 0.25) is 0 Å². The monoisotopic (exact) mass is 434 g/mol. The molecule has 0 unspecified atom stereocenters. The van der Waals surface area contributed by atoms with Gasteiger partial charge in [-0.15, -0.1) is 0 Å². The fourth-order valence-corrected chi connectivity index (χ4v) is 2.99. The van der Waals surface area contributed by atoms with Gasteiger partial charge in [0.2, 0.25) is 0 Å². The van der Waals surface area contributed by atoms with Gasteiger partial charge in [-0.25, -0.2) is 9.99 Å². The van der Waals surface area contributed by atoms with Gasteiger partial charge in [0.25, 0.3) is 16.0 Å². The molecule has 0 aliphatic heterocycles. The van der Waals surface area contributed by atoms with Crippen molar-refractivity contribution in [3.63, 3.8) is 0 Å². The first-order valence-electron chi connectivity index (χ1n) is 10.1. The zero-order chi connectivity index (χ0) is 22.4. The number of hydrogen-bond donors (Lipinski definition) is 2. The molecular weight excluding hydrogens is 402 g/mol. The van der Waals surface area contributed by atoms with Crippen molar-refractivity contribution in [3.05, 3.63) is 59.9 Å². The molecule has 0 aliphatic rings. The predicted molar refractivity (Wildman–Crippen MR) is 118 cm³/mol. The minimum atomic E-state index is -4.02. The summed E-state index contributed by atoms with van der Waals surface area (Å²) in [6.07, 6.45) is 12.6. The number of rotatable bonds is 9. The molecule has 0 fully saturated rings. The Morgan fingerprint density at radius 1 is 1.13 bits per heavy atom. The van der Waals surface area contributed by atoms with Crippen molar-refractivity contribution in [3.8, 4) is 0 Å². The zero-order valence-electron chi connectivity index (χ0n) is 17.9. The summed E-state index contributed by atoms with van der Waals surface area (Å²) in [4.78, 5) is 11.7. The van der Waals surface area contributed by atoms with Crippen LogP contribution in [0.5, 0.6) is 0 Å². The smallest absolute Gasteiger partial charge is 0.282 e. The van der Waals surface area contributed by atoms with Gasteiger partial charge >= 0.3 is 0 Å². The Balaban J connectivity index is 0.000000346. The third kappa shape index (κ3) is 10.8. The van der Waals surface area contributed by atoms with Crippen molar-refractivity contribution in [2.24, 2.45) is 12.1 Å². The van der Waals surface area contributed by atoms with Gasteiger partial charge < -0.3 is 0 Å². The van der Waals surface area contributed by atoms with Crippen LogP contribution in [0, 0.1) is 6.92 Å². The normalized spacial score (nSPS) is 11.1. The van der Waals surface area contributed by atoms with Crippen molar-refractivity contribution < 1.29 is 22.3 Å². The van der Waals surface area contributed by atoms with Crippen LogP contribution in [0.3, 0.4) is 0 Å². The minimum Gasteiger partial charge on any atom is -0.282 e. The van der Waals surface area contributed by atoms with Crippen LogP contribution in [0.15, 0.2) is 58.8 Å². The lowest BCUT2D eigenvalue weighted by atomic mass is 10.1. The van der Waals surface area contributed by atoms with E-state index in [1.165, 1.54) is 37.8 Å². The molecule has 1 aromatic carbocycles. The molecule has 30 heavy (non-hydrogen) atoms. The Morgan fingerprint density at radius 2 is 1.80 bits per heavy atom. The highest BCUT2D eigenvalue weighted by molar-refractivity contribution is 7.85. The number of amides is 1. The summed E-state index contributed by atoms with van der Waals surface area (Å²) < 4.78 is 31.4. The van der Waals surface area contributed by atoms with Crippen molar-refractivity contribution in [2.75, 3.05) is 0 Å². The molecule has 0 saturated heterocycles. The molecule has 1 amide bonds. The number of hydrogen-bond acceptors (Lipinski definition) is 4. The average molecular weight is 435 g/mol. The molecule has 0 spiro atoms. The van der Waals surface area contributed by atoms with Crippen molar-refractivity contribution in [1.29, 1.82) is 0 Å². The molecule has 2 aromatic rings. The lowest BCUT2D eigenvalue weighted by molar-refractivity contribution is -0.671. The number of aromatic nitrogens is 1. The first kappa shape index (κ1) is 25.5. The highest BCUT2D eigenvalue weighted by Gasteiger charge is 2.07. The van der Waals surface area contributed by atoms with Gasteiger partial charge in [0.1, 0.15) is 12.6 Å². The van der Waals surface area contributed by atoms with Gasteiger partial charge in [-0.05, 0) is 38.0 Å². The summed E-state index contributed by atoms with van der Waals surface area (Å²) in [6, 6.07) is 9.60. The average Bonchev–Trinajstić information content (AvgIpc) is 2.70. The number of nitrogens with one attached hydrogen (secondary N) is 1. The van der Waals surface area contributed by atoms with Gasteiger partial charge in [0.05, 0.1) is 4.90 Å². The van der Waals surface area contributed by atoms with E-state index >= 15 is 0 Å². The number of unbranched alkanes of at least 4 members (excludes halogenated alkanes) is 5. The van der Waals surface area contributed by atoms with E-state index in [1.54, 1.807) is 30.6 Å². The van der Waals surface area contributed by atoms with Crippen LogP contribution in [0.25, 0.3) is 0 Å². The molecule has 0 saturated carbocycles. The molecule has 0 atom stereocenters. The first-order chi connectivity index (χ1) is 14.2. The van der Waals surface area contributed by atoms with Crippen LogP contribution >= 0.6 is 0 Å². The second-order valence-electron chi connectivity index (χ2n) is 7.00. The van der Waals surface area contributed by atoms with E-state index in [0.717, 1.165) is 18.4 Å². The number of carbonyl (C=O) groups is 1. The highest BCUT2D eigenvalue weighted by Crippen LogP contribution is 2.08. The lowest BCUT2D eigenvalue weighted by Crippen LogP contribution is -2.29. The number of nitrogens with zero attached hydrogens (tertiary/aromatic N) is 2. The third-order valence-corrected chi connectivity index (χ3v) is 5.08. The number of aryl methyl sites for hydroxylation is 2. The maximum Gasteiger partial charge on any atom is 0.294 e. The molecule has 0 aliphatic carbocycles.